The standard InChI is InChI=1S/C30H34N4O6S/c1-6-39-24-17-22-23(18-25(24)40-7-2)33-28(35)26(22)27(19-11-9-8-10-12-19)32-20-13-15-21(16-14-20)34(41(5,37)38)30(3,4)29(31)36/h8-18,32H,6-7H2,1-5H3,(H2,31,36)(H,33,35)/b27-26+. The highest BCUT2D eigenvalue weighted by Gasteiger charge is 2.39. The van der Waals surface area contributed by atoms with Gasteiger partial charge < -0.3 is 25.8 Å². The highest BCUT2D eigenvalue weighted by molar-refractivity contribution is 7.92. The van der Waals surface area contributed by atoms with Crippen LogP contribution in [-0.4, -0.2) is 45.2 Å². The molecular formula is C30H34N4O6S. The summed E-state index contributed by atoms with van der Waals surface area (Å²) in [4.78, 5) is 25.5. The first-order valence-electron chi connectivity index (χ1n) is 13.1. The van der Waals surface area contributed by atoms with Crippen LogP contribution in [0.3, 0.4) is 0 Å². The summed E-state index contributed by atoms with van der Waals surface area (Å²) in [5.41, 5.74) is 7.84. The lowest BCUT2D eigenvalue weighted by Crippen LogP contribution is -2.55. The Labute approximate surface area is 240 Å². The average Bonchev–Trinajstić information content (AvgIpc) is 3.22. The van der Waals surface area contributed by atoms with Gasteiger partial charge in [-0.3, -0.25) is 13.9 Å². The fourth-order valence-corrected chi connectivity index (χ4v) is 6.12. The molecule has 1 aliphatic heterocycles. The van der Waals surface area contributed by atoms with Crippen LogP contribution in [0.5, 0.6) is 11.5 Å². The van der Waals surface area contributed by atoms with Crippen molar-refractivity contribution >= 4 is 50.2 Å². The van der Waals surface area contributed by atoms with Gasteiger partial charge in [0.25, 0.3) is 5.91 Å². The number of sulfonamides is 1. The maximum Gasteiger partial charge on any atom is 0.258 e. The van der Waals surface area contributed by atoms with Gasteiger partial charge in [-0.25, -0.2) is 8.42 Å². The number of carbonyl (C=O) groups excluding carboxylic acids is 2. The number of nitrogens with two attached hydrogens (primary N) is 1. The van der Waals surface area contributed by atoms with Crippen LogP contribution in [-0.2, 0) is 19.6 Å². The van der Waals surface area contributed by atoms with Crippen LogP contribution in [0, 0.1) is 0 Å². The molecule has 0 spiro atoms. The van der Waals surface area contributed by atoms with Crippen molar-refractivity contribution in [3.63, 3.8) is 0 Å². The second-order valence-corrected chi connectivity index (χ2v) is 11.7. The van der Waals surface area contributed by atoms with Gasteiger partial charge in [-0.15, -0.1) is 0 Å². The highest BCUT2D eigenvalue weighted by atomic mass is 32.2. The second kappa shape index (κ2) is 11.5. The topological polar surface area (TPSA) is 140 Å². The average molecular weight is 579 g/mol. The summed E-state index contributed by atoms with van der Waals surface area (Å²) in [5, 5.41) is 6.28. The number of benzene rings is 3. The van der Waals surface area contributed by atoms with Crippen LogP contribution in [0.15, 0.2) is 66.7 Å². The molecule has 0 saturated carbocycles. The van der Waals surface area contributed by atoms with Crippen LogP contribution < -0.4 is 30.1 Å². The van der Waals surface area contributed by atoms with Gasteiger partial charge in [-0.05, 0) is 63.6 Å². The van der Waals surface area contributed by atoms with E-state index in [1.54, 1.807) is 36.4 Å². The first kappa shape index (κ1) is 29.5. The van der Waals surface area contributed by atoms with Gasteiger partial charge in [0.2, 0.25) is 15.9 Å². The largest absolute Gasteiger partial charge is 0.490 e. The zero-order valence-corrected chi connectivity index (χ0v) is 24.5. The first-order chi connectivity index (χ1) is 19.4. The predicted molar refractivity (Wildman–Crippen MR) is 161 cm³/mol. The van der Waals surface area contributed by atoms with Crippen LogP contribution >= 0.6 is 0 Å². The van der Waals surface area contributed by atoms with Crippen molar-refractivity contribution in [2.24, 2.45) is 5.73 Å². The molecule has 0 bridgehead atoms. The van der Waals surface area contributed by atoms with Crippen LogP contribution in [0.4, 0.5) is 17.1 Å². The smallest absolute Gasteiger partial charge is 0.258 e. The minimum absolute atomic E-state index is 0.268. The number of rotatable bonds is 11. The molecule has 0 aliphatic carbocycles. The molecule has 0 radical (unpaired) electrons. The summed E-state index contributed by atoms with van der Waals surface area (Å²) in [6.07, 6.45) is 1.02. The summed E-state index contributed by atoms with van der Waals surface area (Å²) in [5.74, 6) is -0.0258. The molecule has 0 aromatic heterocycles. The zero-order chi connectivity index (χ0) is 29.9. The number of ether oxygens (including phenoxy) is 2. The van der Waals surface area contributed by atoms with Crippen molar-refractivity contribution in [3.05, 3.63) is 77.9 Å². The molecule has 3 aromatic rings. The van der Waals surface area contributed by atoms with E-state index in [4.69, 9.17) is 15.2 Å². The number of nitrogens with zero attached hydrogens (tertiary/aromatic N) is 1. The molecule has 0 unspecified atom stereocenters. The molecule has 1 aliphatic rings. The van der Waals surface area contributed by atoms with Crippen molar-refractivity contribution in [3.8, 4) is 11.5 Å². The minimum atomic E-state index is -3.84. The summed E-state index contributed by atoms with van der Waals surface area (Å²) in [6, 6.07) is 19.4. The number of hydrogen-bond donors (Lipinski definition) is 3. The van der Waals surface area contributed by atoms with Crippen LogP contribution in [0.1, 0.15) is 38.8 Å². The zero-order valence-electron chi connectivity index (χ0n) is 23.6. The number of fused-ring (bicyclic) bond motifs is 1. The van der Waals surface area contributed by atoms with E-state index < -0.39 is 21.5 Å². The number of primary amides is 1. The maximum atomic E-state index is 13.4. The molecule has 2 amide bonds. The van der Waals surface area contributed by atoms with Gasteiger partial charge >= 0.3 is 0 Å². The van der Waals surface area contributed by atoms with Crippen LogP contribution in [0.25, 0.3) is 11.3 Å². The Bertz CT molecular complexity index is 1600. The Kier molecular flexibility index (Phi) is 8.29. The maximum absolute atomic E-state index is 13.4. The summed E-state index contributed by atoms with van der Waals surface area (Å²) in [6.45, 7) is 7.51. The molecule has 0 atom stereocenters. The Morgan fingerprint density at radius 3 is 2.10 bits per heavy atom. The van der Waals surface area contributed by atoms with Crippen molar-refractivity contribution < 1.29 is 27.5 Å². The Balaban J connectivity index is 1.83. The van der Waals surface area contributed by atoms with Gasteiger partial charge in [0, 0.05) is 17.3 Å². The molecule has 41 heavy (non-hydrogen) atoms. The van der Waals surface area contributed by atoms with E-state index in [1.165, 1.54) is 13.8 Å². The molecule has 4 rings (SSSR count). The van der Waals surface area contributed by atoms with E-state index in [-0.39, 0.29) is 11.6 Å². The normalized spacial score (nSPS) is 14.1. The monoisotopic (exact) mass is 578 g/mol. The molecule has 1 heterocycles. The van der Waals surface area contributed by atoms with E-state index >= 15 is 0 Å². The molecule has 4 N–H and O–H groups in total. The molecule has 11 heteroatoms. The van der Waals surface area contributed by atoms with Gasteiger partial charge in [-0.1, -0.05) is 30.3 Å². The molecule has 0 fully saturated rings. The molecule has 0 saturated heterocycles. The Morgan fingerprint density at radius 1 is 0.976 bits per heavy atom. The number of nitrogens with one attached hydrogen (secondary N) is 2. The summed E-state index contributed by atoms with van der Waals surface area (Å²) >= 11 is 0. The highest BCUT2D eigenvalue weighted by Crippen LogP contribution is 2.43. The van der Waals surface area contributed by atoms with E-state index in [1.807, 2.05) is 44.2 Å². The van der Waals surface area contributed by atoms with E-state index in [0.29, 0.717) is 52.9 Å². The number of anilines is 3. The fourth-order valence-electron chi connectivity index (χ4n) is 4.70. The third-order valence-corrected chi connectivity index (χ3v) is 7.88. The molecule has 216 valence electrons. The predicted octanol–water partition coefficient (Wildman–Crippen LogP) is 4.45. The van der Waals surface area contributed by atoms with E-state index in [9.17, 15) is 18.0 Å². The SMILES string of the molecule is CCOc1cc2c(cc1OCC)/C(=C(\Nc1ccc(N(C(C)(C)C(N)=O)S(C)(=O)=O)cc1)c1ccccc1)C(=O)N2. The number of carbonyl (C=O) groups is 2. The molecule has 3 aromatic carbocycles. The lowest BCUT2D eigenvalue weighted by molar-refractivity contribution is -0.121. The summed E-state index contributed by atoms with van der Waals surface area (Å²) < 4.78 is 37.8. The van der Waals surface area contributed by atoms with Crippen molar-refractivity contribution in [2.45, 2.75) is 33.2 Å². The fraction of sp³-hybridized carbons (Fsp3) is 0.267. The van der Waals surface area contributed by atoms with E-state index in [0.717, 1.165) is 16.1 Å². The van der Waals surface area contributed by atoms with Crippen LogP contribution in [0.2, 0.25) is 0 Å². The third-order valence-electron chi connectivity index (χ3n) is 6.55. The van der Waals surface area contributed by atoms with Gasteiger partial charge in [-0.2, -0.15) is 0 Å². The first-order valence-corrected chi connectivity index (χ1v) is 15.0. The lowest BCUT2D eigenvalue weighted by atomic mass is 9.99. The molecular weight excluding hydrogens is 544 g/mol. The summed E-state index contributed by atoms with van der Waals surface area (Å²) in [7, 11) is -3.84. The second-order valence-electron chi connectivity index (χ2n) is 9.90. The van der Waals surface area contributed by atoms with Gasteiger partial charge in [0.1, 0.15) is 5.54 Å². The Morgan fingerprint density at radius 2 is 1.56 bits per heavy atom. The van der Waals surface area contributed by atoms with Crippen molar-refractivity contribution in [2.75, 3.05) is 34.4 Å². The van der Waals surface area contributed by atoms with Crippen molar-refractivity contribution in [1.82, 2.24) is 0 Å². The van der Waals surface area contributed by atoms with Gasteiger partial charge in [0.15, 0.2) is 11.5 Å². The minimum Gasteiger partial charge on any atom is -0.490 e. The molecule has 10 nitrogen and oxygen atoms in total. The number of amides is 2. The lowest BCUT2D eigenvalue weighted by Gasteiger charge is -2.35. The van der Waals surface area contributed by atoms with Crippen molar-refractivity contribution in [1.29, 1.82) is 0 Å². The number of hydrogen-bond acceptors (Lipinski definition) is 7. The van der Waals surface area contributed by atoms with Gasteiger partial charge in [0.05, 0.1) is 42.1 Å². The van der Waals surface area contributed by atoms with E-state index in [2.05, 4.69) is 10.6 Å². The third kappa shape index (κ3) is 5.99. The quantitative estimate of drug-likeness (QED) is 0.286. The Hall–Kier alpha value is -4.51.